The molecule has 1 aliphatic heterocycles. The molecule has 39 heavy (non-hydrogen) atoms. The molecular formula is C27H41N5O4S2Si. The SMILES string of the molecule is CS(=O)c1cnc(-c2cnc3c(ccn3COCC[Si](C)(C)C)c2N[C@@H]2CCCN(C(=O)OC(C)(C)C)C2)s1. The van der Waals surface area contributed by atoms with Crippen molar-refractivity contribution >= 4 is 53.0 Å². The lowest BCUT2D eigenvalue weighted by molar-refractivity contribution is 0.0206. The highest BCUT2D eigenvalue weighted by Gasteiger charge is 2.29. The number of piperidine rings is 1. The van der Waals surface area contributed by atoms with E-state index < -0.39 is 24.5 Å². The predicted octanol–water partition coefficient (Wildman–Crippen LogP) is 6.02. The zero-order valence-corrected chi connectivity index (χ0v) is 26.7. The molecule has 3 aromatic heterocycles. The lowest BCUT2D eigenvalue weighted by Gasteiger charge is -2.35. The van der Waals surface area contributed by atoms with Gasteiger partial charge >= 0.3 is 6.09 Å². The minimum Gasteiger partial charge on any atom is -0.444 e. The van der Waals surface area contributed by atoms with Crippen LogP contribution >= 0.6 is 11.3 Å². The first-order valence-corrected chi connectivity index (χ1v) is 19.5. The third-order valence-electron chi connectivity index (χ3n) is 6.44. The monoisotopic (exact) mass is 591 g/mol. The summed E-state index contributed by atoms with van der Waals surface area (Å²) in [5.74, 6) is 0. The topological polar surface area (TPSA) is 98.6 Å². The van der Waals surface area contributed by atoms with Gasteiger partial charge in [0.15, 0.2) is 0 Å². The summed E-state index contributed by atoms with van der Waals surface area (Å²) in [5, 5.41) is 5.45. The summed E-state index contributed by atoms with van der Waals surface area (Å²) in [6.07, 6.45) is 8.68. The number of nitrogens with one attached hydrogen (secondary N) is 1. The van der Waals surface area contributed by atoms with Gasteiger partial charge in [-0.1, -0.05) is 19.6 Å². The molecule has 1 unspecified atom stereocenters. The van der Waals surface area contributed by atoms with E-state index in [0.717, 1.165) is 57.0 Å². The number of carbonyl (C=O) groups excluding carboxylic acids is 1. The van der Waals surface area contributed by atoms with Crippen LogP contribution in [0.15, 0.2) is 28.9 Å². The molecule has 214 valence electrons. The smallest absolute Gasteiger partial charge is 0.410 e. The second-order valence-corrected chi connectivity index (χ2v) is 20.5. The first-order chi connectivity index (χ1) is 18.3. The Morgan fingerprint density at radius 1 is 1.26 bits per heavy atom. The van der Waals surface area contributed by atoms with Gasteiger partial charge in [0, 0.05) is 57.8 Å². The summed E-state index contributed by atoms with van der Waals surface area (Å²) < 4.78 is 26.5. The quantitative estimate of drug-likeness (QED) is 0.240. The van der Waals surface area contributed by atoms with Gasteiger partial charge in [-0.15, -0.1) is 11.3 Å². The van der Waals surface area contributed by atoms with Crippen molar-refractivity contribution in [1.29, 1.82) is 0 Å². The van der Waals surface area contributed by atoms with Crippen molar-refractivity contribution in [3.05, 3.63) is 24.7 Å². The Labute approximate surface area is 238 Å². The molecule has 0 aliphatic carbocycles. The van der Waals surface area contributed by atoms with Crippen molar-refractivity contribution in [1.82, 2.24) is 19.4 Å². The van der Waals surface area contributed by atoms with Gasteiger partial charge in [0.2, 0.25) is 0 Å². The molecule has 1 aliphatic rings. The summed E-state index contributed by atoms with van der Waals surface area (Å²) in [4.78, 5) is 23.9. The number of hydrogen-bond donors (Lipinski definition) is 1. The third kappa shape index (κ3) is 7.89. The van der Waals surface area contributed by atoms with Crippen LogP contribution in [-0.4, -0.2) is 75.4 Å². The minimum absolute atomic E-state index is 0.0340. The fourth-order valence-corrected chi connectivity index (χ4v) is 6.74. The Kier molecular flexibility index (Phi) is 9.19. The largest absolute Gasteiger partial charge is 0.444 e. The van der Waals surface area contributed by atoms with Crippen LogP contribution in [0.25, 0.3) is 21.6 Å². The second kappa shape index (κ2) is 12.1. The number of fused-ring (bicyclic) bond motifs is 1. The fourth-order valence-electron chi connectivity index (χ4n) is 4.41. The van der Waals surface area contributed by atoms with Gasteiger partial charge in [0.1, 0.15) is 27.2 Å². The van der Waals surface area contributed by atoms with Gasteiger partial charge in [-0.2, -0.15) is 0 Å². The van der Waals surface area contributed by atoms with Gasteiger partial charge in [-0.25, -0.2) is 14.8 Å². The molecule has 9 nitrogen and oxygen atoms in total. The lowest BCUT2D eigenvalue weighted by atomic mass is 10.0. The molecule has 12 heteroatoms. The highest BCUT2D eigenvalue weighted by atomic mass is 32.2. The second-order valence-electron chi connectivity index (χ2n) is 12.3. The van der Waals surface area contributed by atoms with Gasteiger partial charge < -0.3 is 24.3 Å². The van der Waals surface area contributed by atoms with Gasteiger partial charge in [0.05, 0.1) is 28.2 Å². The number of likely N-dealkylation sites (tertiary alicyclic amines) is 1. The predicted molar refractivity (Wildman–Crippen MR) is 162 cm³/mol. The molecule has 0 saturated carbocycles. The van der Waals surface area contributed by atoms with Gasteiger partial charge in [-0.05, 0) is 45.7 Å². The number of pyridine rings is 1. The average molecular weight is 592 g/mol. The van der Waals surface area contributed by atoms with Crippen LogP contribution in [0.2, 0.25) is 25.7 Å². The maximum atomic E-state index is 12.8. The van der Waals surface area contributed by atoms with Crippen molar-refractivity contribution in [2.45, 2.75) is 81.9 Å². The summed E-state index contributed by atoms with van der Waals surface area (Å²) in [7, 11) is -2.28. The van der Waals surface area contributed by atoms with Crippen molar-refractivity contribution in [2.24, 2.45) is 0 Å². The Morgan fingerprint density at radius 3 is 2.69 bits per heavy atom. The highest BCUT2D eigenvalue weighted by molar-refractivity contribution is 7.86. The molecule has 0 radical (unpaired) electrons. The van der Waals surface area contributed by atoms with E-state index in [2.05, 4.69) is 36.0 Å². The lowest BCUT2D eigenvalue weighted by Crippen LogP contribution is -2.47. The van der Waals surface area contributed by atoms with Crippen molar-refractivity contribution in [3.8, 4) is 10.6 Å². The van der Waals surface area contributed by atoms with E-state index in [1.807, 2.05) is 37.7 Å². The number of hydrogen-bond acceptors (Lipinski definition) is 8. The van der Waals surface area contributed by atoms with Gasteiger partial charge in [-0.3, -0.25) is 4.21 Å². The van der Waals surface area contributed by atoms with E-state index >= 15 is 0 Å². The van der Waals surface area contributed by atoms with E-state index in [4.69, 9.17) is 14.5 Å². The van der Waals surface area contributed by atoms with E-state index in [0.29, 0.717) is 19.8 Å². The van der Waals surface area contributed by atoms with E-state index in [1.54, 1.807) is 17.4 Å². The Balaban J connectivity index is 1.62. The van der Waals surface area contributed by atoms with Crippen molar-refractivity contribution < 1.29 is 18.5 Å². The molecule has 0 bridgehead atoms. The molecule has 1 amide bonds. The first kappa shape index (κ1) is 29.7. The number of anilines is 1. The maximum Gasteiger partial charge on any atom is 0.410 e. The molecule has 1 saturated heterocycles. The van der Waals surface area contributed by atoms with E-state index in [-0.39, 0.29) is 12.1 Å². The Morgan fingerprint density at radius 2 is 2.03 bits per heavy atom. The maximum absolute atomic E-state index is 12.8. The highest BCUT2D eigenvalue weighted by Crippen LogP contribution is 2.38. The van der Waals surface area contributed by atoms with Crippen LogP contribution in [0.3, 0.4) is 0 Å². The van der Waals surface area contributed by atoms with Crippen LogP contribution in [0.5, 0.6) is 0 Å². The normalized spacial score (nSPS) is 17.4. The molecule has 0 aromatic carbocycles. The van der Waals surface area contributed by atoms with Crippen LogP contribution in [0.1, 0.15) is 33.6 Å². The number of ether oxygens (including phenoxy) is 2. The van der Waals surface area contributed by atoms with Crippen molar-refractivity contribution in [2.75, 3.05) is 31.3 Å². The summed E-state index contributed by atoms with van der Waals surface area (Å²) in [6.45, 7) is 15.1. The summed E-state index contributed by atoms with van der Waals surface area (Å²) in [6, 6.07) is 3.20. The van der Waals surface area contributed by atoms with Gasteiger partial charge in [0.25, 0.3) is 0 Å². The van der Waals surface area contributed by atoms with E-state index in [1.165, 1.54) is 11.3 Å². The molecule has 2 atom stereocenters. The first-order valence-electron chi connectivity index (χ1n) is 13.4. The standard InChI is InChI=1S/C27H41N5O4S2Si/c1-27(2,3)36-26(33)31-11-8-9-19(17-31)30-23-20-10-12-32(18-35-13-14-39(5,6)7)24(20)28-15-21(23)25-29-16-22(37-25)38(4)34/h10,12,15-16,19H,8-9,11,13-14,17-18H2,1-7H3,(H,28,30)/t19-,38?/m1/s1. The van der Waals surface area contributed by atoms with Crippen LogP contribution in [0, 0.1) is 0 Å². The summed E-state index contributed by atoms with van der Waals surface area (Å²) in [5.41, 5.74) is 2.06. The summed E-state index contributed by atoms with van der Waals surface area (Å²) >= 11 is 1.41. The zero-order chi connectivity index (χ0) is 28.4. The molecule has 4 rings (SSSR count). The number of nitrogens with zero attached hydrogens (tertiary/aromatic N) is 4. The van der Waals surface area contributed by atoms with Crippen molar-refractivity contribution in [3.63, 3.8) is 0 Å². The zero-order valence-electron chi connectivity index (χ0n) is 24.1. The number of carbonyl (C=O) groups is 1. The van der Waals surface area contributed by atoms with Crippen LogP contribution < -0.4 is 5.32 Å². The Bertz CT molecular complexity index is 1330. The van der Waals surface area contributed by atoms with Crippen LogP contribution in [0.4, 0.5) is 10.5 Å². The molecule has 0 spiro atoms. The average Bonchev–Trinajstić information content (AvgIpc) is 3.49. The Hall–Kier alpha value is -2.28. The molecular weight excluding hydrogens is 551 g/mol. The third-order valence-corrected chi connectivity index (χ3v) is 10.6. The number of thiazole rings is 1. The minimum atomic E-state index is -1.17. The van der Waals surface area contributed by atoms with E-state index in [9.17, 15) is 9.00 Å². The molecule has 4 heterocycles. The van der Waals surface area contributed by atoms with Crippen LogP contribution in [-0.2, 0) is 27.0 Å². The number of aromatic nitrogens is 3. The fraction of sp³-hybridized carbons (Fsp3) is 0.593. The molecule has 3 aromatic rings. The number of rotatable bonds is 9. The molecule has 1 N–H and O–H groups in total. The number of amides is 1. The molecule has 1 fully saturated rings.